The standard InChI is InChI=1S/C32H10N2O4S2/c35-29-15-5-11-9-1-3-39-27(9)13-7-17-20-16(30(36)34-31(17)37)6-12-10-2-4-40-28(10)14-8-18(32(38)33-29)19(15)25-21(11)23(13)26(20)22(12)24(14)25/h1-8H,(H,33,35,38)(H,34,36,37). The maximum atomic E-state index is 13.3. The smallest absolute Gasteiger partial charge is 0.258 e. The molecule has 0 amide bonds. The first kappa shape index (κ1) is 20.0. The normalized spacial score (nSPS) is 13.4. The largest absolute Gasteiger partial charge is 0.288 e. The summed E-state index contributed by atoms with van der Waals surface area (Å²) in [5.41, 5.74) is -1.58. The van der Waals surface area contributed by atoms with E-state index in [2.05, 4.69) is 22.1 Å². The van der Waals surface area contributed by atoms with Crippen molar-refractivity contribution >= 4 is 129 Å². The number of hydrogen-bond acceptors (Lipinski definition) is 6. The molecule has 184 valence electrons. The van der Waals surface area contributed by atoms with Crippen molar-refractivity contribution in [3.8, 4) is 0 Å². The van der Waals surface area contributed by atoms with E-state index < -0.39 is 22.2 Å². The molecule has 0 unspecified atom stereocenters. The van der Waals surface area contributed by atoms with Gasteiger partial charge in [-0.05, 0) is 68.7 Å². The highest BCUT2D eigenvalue weighted by Gasteiger charge is 2.29. The van der Waals surface area contributed by atoms with Crippen molar-refractivity contribution in [2.45, 2.75) is 0 Å². The summed E-state index contributed by atoms with van der Waals surface area (Å²) in [6, 6.07) is 11.8. The van der Waals surface area contributed by atoms with Gasteiger partial charge in [-0.25, -0.2) is 0 Å². The minimum absolute atomic E-state index is 0.394. The van der Waals surface area contributed by atoms with E-state index in [1.807, 2.05) is 35.0 Å². The van der Waals surface area contributed by atoms with Crippen molar-refractivity contribution < 1.29 is 0 Å². The number of benzene rings is 7. The second kappa shape index (κ2) is 5.96. The van der Waals surface area contributed by atoms with Gasteiger partial charge in [-0.2, -0.15) is 0 Å². The molecule has 0 saturated carbocycles. The zero-order chi connectivity index (χ0) is 26.3. The lowest BCUT2D eigenvalue weighted by Gasteiger charge is -2.24. The summed E-state index contributed by atoms with van der Waals surface area (Å²) in [6.07, 6.45) is 0. The molecule has 0 saturated heterocycles. The van der Waals surface area contributed by atoms with Gasteiger partial charge in [0.05, 0.1) is 0 Å². The van der Waals surface area contributed by atoms with E-state index in [0.29, 0.717) is 32.3 Å². The van der Waals surface area contributed by atoms with Crippen LogP contribution >= 0.6 is 22.7 Å². The average Bonchev–Trinajstić information content (AvgIpc) is 3.64. The van der Waals surface area contributed by atoms with Crippen LogP contribution in [0.2, 0.25) is 0 Å². The zero-order valence-corrected chi connectivity index (χ0v) is 21.7. The lowest BCUT2D eigenvalue weighted by Crippen LogP contribution is -2.20. The van der Waals surface area contributed by atoms with Gasteiger partial charge in [-0.3, -0.25) is 29.1 Å². The molecule has 7 aromatic carbocycles. The fourth-order valence-corrected chi connectivity index (χ4v) is 9.61. The van der Waals surface area contributed by atoms with Crippen LogP contribution in [0.3, 0.4) is 0 Å². The molecule has 2 N–H and O–H groups in total. The molecule has 8 heteroatoms. The van der Waals surface area contributed by atoms with Gasteiger partial charge in [0.1, 0.15) is 0 Å². The lowest BCUT2D eigenvalue weighted by molar-refractivity contribution is 1.22. The fraction of sp³-hybridized carbons (Fsp3) is 0. The van der Waals surface area contributed by atoms with Crippen LogP contribution in [-0.2, 0) is 0 Å². The van der Waals surface area contributed by atoms with Gasteiger partial charge in [0, 0.05) is 84.8 Å². The van der Waals surface area contributed by atoms with Crippen molar-refractivity contribution in [2.24, 2.45) is 0 Å². The van der Waals surface area contributed by atoms with Crippen LogP contribution in [0.15, 0.2) is 66.3 Å². The predicted octanol–water partition coefficient (Wildman–Crippen LogP) is 6.63. The number of aromatic amines is 2. The van der Waals surface area contributed by atoms with Gasteiger partial charge in [0.25, 0.3) is 22.2 Å². The molecule has 0 atom stereocenters. The molecule has 4 aromatic heterocycles. The maximum Gasteiger partial charge on any atom is 0.258 e. The third-order valence-corrected chi connectivity index (χ3v) is 11.0. The number of nitrogens with one attached hydrogen (secondary N) is 2. The average molecular weight is 551 g/mol. The molecule has 4 heterocycles. The highest BCUT2D eigenvalue weighted by Crippen LogP contribution is 2.55. The van der Waals surface area contributed by atoms with E-state index in [4.69, 9.17) is 0 Å². The molecule has 0 aliphatic heterocycles. The lowest BCUT2D eigenvalue weighted by atomic mass is 9.79. The highest BCUT2D eigenvalue weighted by atomic mass is 32.1. The Bertz CT molecular complexity index is 2770. The Morgan fingerprint density at radius 1 is 0.375 bits per heavy atom. The molecular formula is C32H10N2O4S2. The van der Waals surface area contributed by atoms with Crippen molar-refractivity contribution in [1.82, 2.24) is 9.97 Å². The maximum absolute atomic E-state index is 13.3. The Balaban J connectivity index is 1.74. The van der Waals surface area contributed by atoms with E-state index in [0.717, 1.165) is 74.0 Å². The summed E-state index contributed by atoms with van der Waals surface area (Å²) < 4.78 is 2.05. The van der Waals surface area contributed by atoms with E-state index in [1.165, 1.54) is 0 Å². The minimum atomic E-state index is -0.394. The zero-order valence-electron chi connectivity index (χ0n) is 20.1. The van der Waals surface area contributed by atoms with Crippen LogP contribution in [0.5, 0.6) is 0 Å². The summed E-state index contributed by atoms with van der Waals surface area (Å²) >= 11 is 3.19. The molecule has 0 aliphatic carbocycles. The summed E-state index contributed by atoms with van der Waals surface area (Å²) in [7, 11) is 0. The van der Waals surface area contributed by atoms with E-state index in [9.17, 15) is 19.2 Å². The number of aromatic nitrogens is 2. The molecular weight excluding hydrogens is 540 g/mol. The molecule has 40 heavy (non-hydrogen) atoms. The first-order chi connectivity index (χ1) is 19.5. The number of rotatable bonds is 0. The van der Waals surface area contributed by atoms with E-state index in [-0.39, 0.29) is 0 Å². The number of thiophene rings is 2. The first-order valence-corrected chi connectivity index (χ1v) is 14.5. The van der Waals surface area contributed by atoms with Crippen LogP contribution in [0.1, 0.15) is 0 Å². The van der Waals surface area contributed by atoms with Crippen molar-refractivity contribution in [1.29, 1.82) is 0 Å². The van der Waals surface area contributed by atoms with Crippen LogP contribution in [0, 0.1) is 0 Å². The molecule has 0 spiro atoms. The van der Waals surface area contributed by atoms with Gasteiger partial charge in [0.2, 0.25) is 0 Å². The Morgan fingerprint density at radius 2 is 0.725 bits per heavy atom. The summed E-state index contributed by atoms with van der Waals surface area (Å²) in [5, 5.41) is 18.9. The summed E-state index contributed by atoms with van der Waals surface area (Å²) in [6.45, 7) is 0. The van der Waals surface area contributed by atoms with Crippen molar-refractivity contribution in [3.63, 3.8) is 0 Å². The second-order valence-electron chi connectivity index (χ2n) is 10.8. The first-order valence-electron chi connectivity index (χ1n) is 12.7. The van der Waals surface area contributed by atoms with Crippen molar-refractivity contribution in [3.05, 3.63) is 88.6 Å². The molecule has 0 radical (unpaired) electrons. The molecule has 0 bridgehead atoms. The molecule has 6 nitrogen and oxygen atoms in total. The summed E-state index contributed by atoms with van der Waals surface area (Å²) in [4.78, 5) is 58.3. The quantitative estimate of drug-likeness (QED) is 0.164. The second-order valence-corrected chi connectivity index (χ2v) is 12.6. The van der Waals surface area contributed by atoms with Crippen LogP contribution in [0.25, 0.3) is 106 Å². The van der Waals surface area contributed by atoms with Crippen LogP contribution in [0.4, 0.5) is 0 Å². The third kappa shape index (κ3) is 1.87. The van der Waals surface area contributed by atoms with Gasteiger partial charge < -0.3 is 0 Å². The fourth-order valence-electron chi connectivity index (χ4n) is 7.75. The molecule has 0 aliphatic rings. The number of pyridine rings is 2. The van der Waals surface area contributed by atoms with Crippen LogP contribution < -0.4 is 22.2 Å². The highest BCUT2D eigenvalue weighted by molar-refractivity contribution is 7.19. The Morgan fingerprint density at radius 3 is 1.12 bits per heavy atom. The third-order valence-electron chi connectivity index (χ3n) is 9.14. The Hall–Kier alpha value is -4.92. The molecule has 11 aromatic rings. The molecule has 0 fully saturated rings. The van der Waals surface area contributed by atoms with Crippen molar-refractivity contribution in [2.75, 3.05) is 0 Å². The topological polar surface area (TPSA) is 99.9 Å². The monoisotopic (exact) mass is 550 g/mol. The van der Waals surface area contributed by atoms with E-state index >= 15 is 0 Å². The Labute approximate surface area is 227 Å². The van der Waals surface area contributed by atoms with Gasteiger partial charge >= 0.3 is 0 Å². The number of H-pyrrole nitrogens is 2. The van der Waals surface area contributed by atoms with E-state index in [1.54, 1.807) is 22.7 Å². The van der Waals surface area contributed by atoms with Crippen LogP contribution in [-0.4, -0.2) is 9.97 Å². The van der Waals surface area contributed by atoms with Gasteiger partial charge in [0.15, 0.2) is 0 Å². The number of fused-ring (bicyclic) bond motifs is 6. The number of hydrogen-bond donors (Lipinski definition) is 2. The van der Waals surface area contributed by atoms with Gasteiger partial charge in [-0.1, -0.05) is 0 Å². The predicted molar refractivity (Wildman–Crippen MR) is 167 cm³/mol. The summed E-state index contributed by atoms with van der Waals surface area (Å²) in [5.74, 6) is 0. The minimum Gasteiger partial charge on any atom is -0.288 e. The Kier molecular flexibility index (Phi) is 2.99. The SMILES string of the molecule is O=c1[nH]c(=O)c2cc3c4sccc4c4cc5c(=O)[nH]c(=O)c6cc7c8sccc8c8cc1c2c1c8c7c(c56)c4c31. The molecule has 11 rings (SSSR count). The van der Waals surface area contributed by atoms with Gasteiger partial charge in [-0.15, -0.1) is 22.7 Å².